The lowest BCUT2D eigenvalue weighted by Gasteiger charge is -2.19. The van der Waals surface area contributed by atoms with Crippen LogP contribution < -0.4 is 5.32 Å². The molecule has 0 aromatic carbocycles. The number of nitrogens with one attached hydrogen (secondary N) is 1. The summed E-state index contributed by atoms with van der Waals surface area (Å²) in [5.41, 5.74) is 0.110. The van der Waals surface area contributed by atoms with Crippen molar-refractivity contribution < 1.29 is 0 Å². The SMILES string of the molecule is CCCCC(CC)Cn1cnc(CNC(C)(C)C)n1. The smallest absolute Gasteiger partial charge is 0.164 e. The van der Waals surface area contributed by atoms with Crippen molar-refractivity contribution in [3.05, 3.63) is 12.2 Å². The largest absolute Gasteiger partial charge is 0.305 e. The van der Waals surface area contributed by atoms with Crippen molar-refractivity contribution in [1.29, 1.82) is 0 Å². The zero-order valence-corrected chi connectivity index (χ0v) is 13.2. The molecule has 0 radical (unpaired) electrons. The number of hydrogen-bond donors (Lipinski definition) is 1. The molecule has 0 aliphatic carbocycles. The van der Waals surface area contributed by atoms with Crippen LogP contribution in [-0.4, -0.2) is 20.3 Å². The summed E-state index contributed by atoms with van der Waals surface area (Å²) in [7, 11) is 0. The number of aromatic nitrogens is 3. The molecule has 1 heterocycles. The van der Waals surface area contributed by atoms with Crippen LogP contribution in [-0.2, 0) is 13.1 Å². The first-order chi connectivity index (χ1) is 8.94. The van der Waals surface area contributed by atoms with Gasteiger partial charge in [0, 0.05) is 12.1 Å². The number of unbranched alkanes of at least 4 members (excludes halogenated alkanes) is 1. The van der Waals surface area contributed by atoms with Crippen molar-refractivity contribution in [2.24, 2.45) is 5.92 Å². The van der Waals surface area contributed by atoms with Crippen LogP contribution in [0.1, 0.15) is 66.1 Å². The summed E-state index contributed by atoms with van der Waals surface area (Å²) in [6.45, 7) is 12.7. The normalized spacial score (nSPS) is 13.7. The Labute approximate surface area is 118 Å². The van der Waals surface area contributed by atoms with E-state index in [0.717, 1.165) is 24.8 Å². The third-order valence-corrected chi connectivity index (χ3v) is 3.35. The van der Waals surface area contributed by atoms with Gasteiger partial charge >= 0.3 is 0 Å². The molecule has 0 aliphatic rings. The predicted molar refractivity (Wildman–Crippen MR) is 79.9 cm³/mol. The van der Waals surface area contributed by atoms with Gasteiger partial charge in [-0.2, -0.15) is 5.10 Å². The van der Waals surface area contributed by atoms with Gasteiger partial charge in [-0.15, -0.1) is 0 Å². The van der Waals surface area contributed by atoms with E-state index in [4.69, 9.17) is 0 Å². The second-order valence-electron chi connectivity index (χ2n) is 6.40. The molecule has 0 aliphatic heterocycles. The summed E-state index contributed by atoms with van der Waals surface area (Å²) in [6, 6.07) is 0. The zero-order valence-electron chi connectivity index (χ0n) is 13.2. The molecule has 1 N–H and O–H groups in total. The molecule has 0 amide bonds. The maximum absolute atomic E-state index is 4.55. The van der Waals surface area contributed by atoms with E-state index in [2.05, 4.69) is 50.0 Å². The number of hydrogen-bond acceptors (Lipinski definition) is 3. The molecule has 4 nitrogen and oxygen atoms in total. The molecule has 1 rings (SSSR count). The van der Waals surface area contributed by atoms with Gasteiger partial charge in [0.2, 0.25) is 0 Å². The Bertz CT molecular complexity index is 351. The molecule has 0 saturated carbocycles. The van der Waals surface area contributed by atoms with Gasteiger partial charge in [0.25, 0.3) is 0 Å². The average Bonchev–Trinajstić information content (AvgIpc) is 2.79. The molecule has 1 atom stereocenters. The van der Waals surface area contributed by atoms with Gasteiger partial charge < -0.3 is 5.32 Å². The Morgan fingerprint density at radius 2 is 2.05 bits per heavy atom. The fraction of sp³-hybridized carbons (Fsp3) is 0.867. The van der Waals surface area contributed by atoms with E-state index >= 15 is 0 Å². The second kappa shape index (κ2) is 7.63. The van der Waals surface area contributed by atoms with Crippen LogP contribution in [0.3, 0.4) is 0 Å². The summed E-state index contributed by atoms with van der Waals surface area (Å²) in [4.78, 5) is 4.38. The Balaban J connectivity index is 2.45. The lowest BCUT2D eigenvalue weighted by atomic mass is 10.00. The third-order valence-electron chi connectivity index (χ3n) is 3.35. The Morgan fingerprint density at radius 3 is 2.63 bits per heavy atom. The fourth-order valence-electron chi connectivity index (χ4n) is 2.03. The van der Waals surface area contributed by atoms with Gasteiger partial charge in [0.15, 0.2) is 5.82 Å². The van der Waals surface area contributed by atoms with E-state index in [-0.39, 0.29) is 5.54 Å². The van der Waals surface area contributed by atoms with Crippen molar-refractivity contribution in [2.45, 2.75) is 78.9 Å². The van der Waals surface area contributed by atoms with Crippen molar-refractivity contribution in [1.82, 2.24) is 20.1 Å². The standard InChI is InChI=1S/C15H30N4/c1-6-8-9-13(7-2)11-19-12-16-14(18-19)10-17-15(3,4)5/h12-13,17H,6-11H2,1-5H3. The first kappa shape index (κ1) is 16.2. The van der Waals surface area contributed by atoms with Crippen LogP contribution >= 0.6 is 0 Å². The highest BCUT2D eigenvalue weighted by Gasteiger charge is 2.12. The topological polar surface area (TPSA) is 42.7 Å². The molecular weight excluding hydrogens is 236 g/mol. The first-order valence-electron chi connectivity index (χ1n) is 7.58. The fourth-order valence-corrected chi connectivity index (χ4v) is 2.03. The van der Waals surface area contributed by atoms with Gasteiger partial charge in [-0.3, -0.25) is 4.68 Å². The third kappa shape index (κ3) is 6.71. The van der Waals surface area contributed by atoms with Crippen molar-refractivity contribution in [3.8, 4) is 0 Å². The van der Waals surface area contributed by atoms with Crippen LogP contribution in [0, 0.1) is 5.92 Å². The lowest BCUT2D eigenvalue weighted by Crippen LogP contribution is -2.35. The highest BCUT2D eigenvalue weighted by molar-refractivity contribution is 4.84. The van der Waals surface area contributed by atoms with Gasteiger partial charge in [-0.05, 0) is 33.1 Å². The van der Waals surface area contributed by atoms with Crippen molar-refractivity contribution in [3.63, 3.8) is 0 Å². The second-order valence-corrected chi connectivity index (χ2v) is 6.40. The van der Waals surface area contributed by atoms with E-state index in [0.29, 0.717) is 0 Å². The van der Waals surface area contributed by atoms with Crippen molar-refractivity contribution >= 4 is 0 Å². The van der Waals surface area contributed by atoms with Crippen LogP contribution in [0.15, 0.2) is 6.33 Å². The summed E-state index contributed by atoms with van der Waals surface area (Å²) in [6.07, 6.45) is 6.96. The summed E-state index contributed by atoms with van der Waals surface area (Å²) < 4.78 is 2.00. The zero-order chi connectivity index (χ0) is 14.3. The minimum atomic E-state index is 0.110. The maximum atomic E-state index is 4.55. The molecule has 0 bridgehead atoms. The van der Waals surface area contributed by atoms with Crippen LogP contribution in [0.5, 0.6) is 0 Å². The Hall–Kier alpha value is -0.900. The number of nitrogens with zero attached hydrogens (tertiary/aromatic N) is 3. The van der Waals surface area contributed by atoms with Crippen molar-refractivity contribution in [2.75, 3.05) is 0 Å². The molecule has 1 unspecified atom stereocenters. The molecule has 19 heavy (non-hydrogen) atoms. The monoisotopic (exact) mass is 266 g/mol. The summed E-state index contributed by atoms with van der Waals surface area (Å²) >= 11 is 0. The van der Waals surface area contributed by atoms with E-state index in [1.807, 2.05) is 11.0 Å². The predicted octanol–water partition coefficient (Wildman–Crippen LogP) is 3.38. The molecule has 1 aromatic rings. The number of rotatable bonds is 8. The molecule has 0 fully saturated rings. The van der Waals surface area contributed by atoms with Crippen LogP contribution in [0.25, 0.3) is 0 Å². The van der Waals surface area contributed by atoms with E-state index in [9.17, 15) is 0 Å². The van der Waals surface area contributed by atoms with Gasteiger partial charge in [0.1, 0.15) is 6.33 Å². The van der Waals surface area contributed by atoms with Gasteiger partial charge in [0.05, 0.1) is 6.54 Å². The van der Waals surface area contributed by atoms with E-state index in [1.165, 1.54) is 25.7 Å². The average molecular weight is 266 g/mol. The molecular formula is C15H30N4. The van der Waals surface area contributed by atoms with Gasteiger partial charge in [-0.25, -0.2) is 4.98 Å². The first-order valence-corrected chi connectivity index (χ1v) is 7.58. The van der Waals surface area contributed by atoms with Gasteiger partial charge in [-0.1, -0.05) is 33.1 Å². The molecule has 1 aromatic heterocycles. The minimum absolute atomic E-state index is 0.110. The molecule has 110 valence electrons. The quantitative estimate of drug-likeness (QED) is 0.784. The summed E-state index contributed by atoms with van der Waals surface area (Å²) in [5.74, 6) is 1.62. The molecule has 4 heteroatoms. The molecule has 0 spiro atoms. The Morgan fingerprint density at radius 1 is 1.32 bits per heavy atom. The lowest BCUT2D eigenvalue weighted by molar-refractivity contribution is 0.368. The van der Waals surface area contributed by atoms with Crippen LogP contribution in [0.4, 0.5) is 0 Å². The highest BCUT2D eigenvalue weighted by Crippen LogP contribution is 2.14. The Kier molecular flexibility index (Phi) is 6.49. The minimum Gasteiger partial charge on any atom is -0.305 e. The van der Waals surface area contributed by atoms with E-state index < -0.39 is 0 Å². The maximum Gasteiger partial charge on any atom is 0.164 e. The van der Waals surface area contributed by atoms with Crippen LogP contribution in [0.2, 0.25) is 0 Å². The van der Waals surface area contributed by atoms with E-state index in [1.54, 1.807) is 0 Å². The summed E-state index contributed by atoms with van der Waals surface area (Å²) in [5, 5.41) is 7.97. The molecule has 0 saturated heterocycles. The highest BCUT2D eigenvalue weighted by atomic mass is 15.3.